The zero-order valence-corrected chi connectivity index (χ0v) is 13.8. The summed E-state index contributed by atoms with van der Waals surface area (Å²) in [6.07, 6.45) is 2.42. The molecule has 0 aliphatic carbocycles. The summed E-state index contributed by atoms with van der Waals surface area (Å²) in [5, 5.41) is 3.78. The Hall–Kier alpha value is -0.860. The first kappa shape index (κ1) is 15.5. The van der Waals surface area contributed by atoms with E-state index in [9.17, 15) is 0 Å². The first-order valence-corrected chi connectivity index (χ1v) is 8.05. The Morgan fingerprint density at radius 3 is 2.50 bits per heavy atom. The van der Waals surface area contributed by atoms with Gasteiger partial charge in [-0.15, -0.1) is 0 Å². The van der Waals surface area contributed by atoms with Crippen molar-refractivity contribution in [3.05, 3.63) is 34.9 Å². The number of aryl methyl sites for hydroxylation is 2. The van der Waals surface area contributed by atoms with Crippen molar-refractivity contribution in [3.8, 4) is 0 Å². The van der Waals surface area contributed by atoms with Crippen LogP contribution in [-0.4, -0.2) is 29.6 Å². The van der Waals surface area contributed by atoms with Gasteiger partial charge in [-0.25, -0.2) is 0 Å². The molecule has 1 aliphatic heterocycles. The number of nitrogens with zero attached hydrogens (tertiary/aromatic N) is 1. The molecule has 0 saturated carbocycles. The highest BCUT2D eigenvalue weighted by molar-refractivity contribution is 5.30. The fourth-order valence-corrected chi connectivity index (χ4v) is 3.17. The van der Waals surface area contributed by atoms with Crippen molar-refractivity contribution in [3.63, 3.8) is 0 Å². The highest BCUT2D eigenvalue weighted by Crippen LogP contribution is 2.24. The zero-order chi connectivity index (χ0) is 14.8. The topological polar surface area (TPSA) is 15.3 Å². The molecule has 1 fully saturated rings. The third-order valence-electron chi connectivity index (χ3n) is 5.21. The minimum absolute atomic E-state index is 0.312. The summed E-state index contributed by atoms with van der Waals surface area (Å²) in [5.74, 6) is 0. The Morgan fingerprint density at radius 1 is 1.20 bits per heavy atom. The van der Waals surface area contributed by atoms with Gasteiger partial charge in [0, 0.05) is 31.2 Å². The number of hydrogen-bond donors (Lipinski definition) is 1. The van der Waals surface area contributed by atoms with Crippen LogP contribution in [0.15, 0.2) is 18.2 Å². The molecule has 0 radical (unpaired) electrons. The van der Waals surface area contributed by atoms with Crippen molar-refractivity contribution in [2.24, 2.45) is 0 Å². The van der Waals surface area contributed by atoms with Crippen molar-refractivity contribution in [2.45, 2.75) is 65.6 Å². The van der Waals surface area contributed by atoms with Gasteiger partial charge in [0.1, 0.15) is 0 Å². The van der Waals surface area contributed by atoms with Gasteiger partial charge in [0.25, 0.3) is 0 Å². The lowest BCUT2D eigenvalue weighted by molar-refractivity contribution is 0.0746. The van der Waals surface area contributed by atoms with Gasteiger partial charge in [-0.3, -0.25) is 4.90 Å². The summed E-state index contributed by atoms with van der Waals surface area (Å²) < 4.78 is 0. The standard InChI is InChI=1S/C18H30N2/c1-6-18(7-2)13-20(16(5)11-19-18)12-17-9-8-14(3)15(4)10-17/h8-10,16,19H,6-7,11-13H2,1-5H3. The van der Waals surface area contributed by atoms with Crippen LogP contribution in [-0.2, 0) is 6.54 Å². The lowest BCUT2D eigenvalue weighted by atomic mass is 9.88. The normalized spacial score (nSPS) is 22.9. The zero-order valence-electron chi connectivity index (χ0n) is 13.8. The molecule has 1 unspecified atom stereocenters. The average molecular weight is 274 g/mol. The van der Waals surface area contributed by atoms with Crippen molar-refractivity contribution in [1.29, 1.82) is 0 Å². The van der Waals surface area contributed by atoms with Gasteiger partial charge < -0.3 is 5.32 Å². The molecule has 1 heterocycles. The van der Waals surface area contributed by atoms with Gasteiger partial charge in [0.15, 0.2) is 0 Å². The molecule has 2 rings (SSSR count). The molecule has 0 spiro atoms. The summed E-state index contributed by atoms with van der Waals surface area (Å²) in [4.78, 5) is 2.65. The molecule has 0 aromatic heterocycles. The Labute approximate surface area is 124 Å². The number of nitrogens with one attached hydrogen (secondary N) is 1. The van der Waals surface area contributed by atoms with Crippen molar-refractivity contribution >= 4 is 0 Å². The molecule has 1 atom stereocenters. The number of piperazine rings is 1. The first-order valence-electron chi connectivity index (χ1n) is 8.05. The fraction of sp³-hybridized carbons (Fsp3) is 0.667. The van der Waals surface area contributed by atoms with E-state index < -0.39 is 0 Å². The van der Waals surface area contributed by atoms with Crippen LogP contribution in [0.2, 0.25) is 0 Å². The van der Waals surface area contributed by atoms with Crippen LogP contribution in [0.1, 0.15) is 50.3 Å². The maximum absolute atomic E-state index is 3.78. The average Bonchev–Trinajstić information content (AvgIpc) is 2.46. The molecule has 0 amide bonds. The Kier molecular flexibility index (Phi) is 4.87. The second-order valence-corrected chi connectivity index (χ2v) is 6.54. The fourth-order valence-electron chi connectivity index (χ4n) is 3.17. The number of benzene rings is 1. The van der Waals surface area contributed by atoms with Crippen LogP contribution in [0.25, 0.3) is 0 Å². The molecule has 1 saturated heterocycles. The molecule has 20 heavy (non-hydrogen) atoms. The lowest BCUT2D eigenvalue weighted by Crippen LogP contribution is -2.62. The summed E-state index contributed by atoms with van der Waals surface area (Å²) in [5.41, 5.74) is 4.55. The minimum Gasteiger partial charge on any atom is -0.308 e. The van der Waals surface area contributed by atoms with E-state index in [2.05, 4.69) is 63.0 Å². The molecule has 1 N–H and O–H groups in total. The second-order valence-electron chi connectivity index (χ2n) is 6.54. The van der Waals surface area contributed by atoms with Crippen LogP contribution in [0, 0.1) is 13.8 Å². The SMILES string of the molecule is CCC1(CC)CN(Cc2ccc(C)c(C)c2)C(C)CN1. The monoisotopic (exact) mass is 274 g/mol. The molecule has 2 heteroatoms. The summed E-state index contributed by atoms with van der Waals surface area (Å²) in [6.45, 7) is 14.7. The lowest BCUT2D eigenvalue weighted by Gasteiger charge is -2.46. The Morgan fingerprint density at radius 2 is 1.90 bits per heavy atom. The smallest absolute Gasteiger partial charge is 0.0304 e. The minimum atomic E-state index is 0.312. The van der Waals surface area contributed by atoms with Crippen molar-refractivity contribution in [1.82, 2.24) is 10.2 Å². The van der Waals surface area contributed by atoms with Crippen LogP contribution in [0.3, 0.4) is 0 Å². The maximum atomic E-state index is 3.78. The predicted octanol–water partition coefficient (Wildman–Crippen LogP) is 3.66. The van der Waals surface area contributed by atoms with E-state index in [-0.39, 0.29) is 0 Å². The molecular formula is C18H30N2. The molecule has 0 bridgehead atoms. The van der Waals surface area contributed by atoms with Gasteiger partial charge in [-0.05, 0) is 50.3 Å². The third kappa shape index (κ3) is 3.24. The Balaban J connectivity index is 2.11. The predicted molar refractivity (Wildman–Crippen MR) is 87.1 cm³/mol. The molecule has 112 valence electrons. The summed E-state index contributed by atoms with van der Waals surface area (Å²) in [6, 6.07) is 7.51. The van der Waals surface area contributed by atoms with Gasteiger partial charge in [0.05, 0.1) is 0 Å². The van der Waals surface area contributed by atoms with E-state index in [0.717, 1.165) is 19.6 Å². The van der Waals surface area contributed by atoms with E-state index in [1.54, 1.807) is 0 Å². The van der Waals surface area contributed by atoms with E-state index in [0.29, 0.717) is 11.6 Å². The Bertz CT molecular complexity index is 449. The summed E-state index contributed by atoms with van der Waals surface area (Å²) in [7, 11) is 0. The highest BCUT2D eigenvalue weighted by Gasteiger charge is 2.34. The van der Waals surface area contributed by atoms with Crippen molar-refractivity contribution < 1.29 is 0 Å². The summed E-state index contributed by atoms with van der Waals surface area (Å²) >= 11 is 0. The quantitative estimate of drug-likeness (QED) is 0.901. The van der Waals surface area contributed by atoms with E-state index in [1.807, 2.05) is 0 Å². The second kappa shape index (κ2) is 6.28. The van der Waals surface area contributed by atoms with Crippen LogP contribution >= 0.6 is 0 Å². The van der Waals surface area contributed by atoms with Gasteiger partial charge in [-0.2, -0.15) is 0 Å². The molecule has 1 aromatic carbocycles. The first-order chi connectivity index (χ1) is 9.49. The molecule has 1 aliphatic rings. The molecular weight excluding hydrogens is 244 g/mol. The van der Waals surface area contributed by atoms with E-state index in [4.69, 9.17) is 0 Å². The van der Waals surface area contributed by atoms with E-state index in [1.165, 1.54) is 29.5 Å². The largest absolute Gasteiger partial charge is 0.308 e. The van der Waals surface area contributed by atoms with Crippen molar-refractivity contribution in [2.75, 3.05) is 13.1 Å². The molecule has 1 aromatic rings. The highest BCUT2D eigenvalue weighted by atomic mass is 15.2. The number of rotatable bonds is 4. The van der Waals surface area contributed by atoms with Crippen LogP contribution in [0.4, 0.5) is 0 Å². The third-order valence-corrected chi connectivity index (χ3v) is 5.21. The van der Waals surface area contributed by atoms with Crippen LogP contribution < -0.4 is 5.32 Å². The molecule has 2 nitrogen and oxygen atoms in total. The van der Waals surface area contributed by atoms with Gasteiger partial charge in [0.2, 0.25) is 0 Å². The van der Waals surface area contributed by atoms with Gasteiger partial charge >= 0.3 is 0 Å². The van der Waals surface area contributed by atoms with E-state index >= 15 is 0 Å². The maximum Gasteiger partial charge on any atom is 0.0304 e. The van der Waals surface area contributed by atoms with Crippen LogP contribution in [0.5, 0.6) is 0 Å². The number of hydrogen-bond acceptors (Lipinski definition) is 2. The van der Waals surface area contributed by atoms with Gasteiger partial charge in [-0.1, -0.05) is 32.0 Å².